The van der Waals surface area contributed by atoms with Gasteiger partial charge in [0.15, 0.2) is 5.69 Å². The van der Waals surface area contributed by atoms with Crippen molar-refractivity contribution < 1.29 is 9.90 Å². The number of benzene rings is 1. The van der Waals surface area contributed by atoms with E-state index in [1.54, 1.807) is 4.68 Å². The van der Waals surface area contributed by atoms with Gasteiger partial charge >= 0.3 is 5.97 Å². The zero-order valence-electron chi connectivity index (χ0n) is 13.2. The summed E-state index contributed by atoms with van der Waals surface area (Å²) < 4.78 is 1.61. The smallest absolute Gasteiger partial charge is 0.358 e. The first kappa shape index (κ1) is 15.5. The van der Waals surface area contributed by atoms with E-state index in [9.17, 15) is 4.79 Å². The average molecular weight is 315 g/mol. The molecule has 3 rings (SSSR count). The monoisotopic (exact) mass is 315 g/mol. The summed E-state index contributed by atoms with van der Waals surface area (Å²) >= 11 is 0. The van der Waals surface area contributed by atoms with Gasteiger partial charge in [-0.15, -0.1) is 5.10 Å². The molecule has 7 nitrogen and oxygen atoms in total. The third kappa shape index (κ3) is 3.68. The second-order valence-electron chi connectivity index (χ2n) is 5.84. The number of hydrogen-bond acceptors (Lipinski definition) is 5. The van der Waals surface area contributed by atoms with E-state index >= 15 is 0 Å². The van der Waals surface area contributed by atoms with E-state index < -0.39 is 5.97 Å². The highest BCUT2D eigenvalue weighted by atomic mass is 16.4. The van der Waals surface area contributed by atoms with Crippen LogP contribution in [0.15, 0.2) is 36.5 Å². The van der Waals surface area contributed by atoms with Crippen molar-refractivity contribution in [1.82, 2.24) is 19.9 Å². The molecule has 0 saturated carbocycles. The lowest BCUT2D eigenvalue weighted by Crippen LogP contribution is -2.50. The first-order valence-corrected chi connectivity index (χ1v) is 7.81. The van der Waals surface area contributed by atoms with Crippen LogP contribution in [0.1, 0.15) is 17.4 Å². The third-order valence-corrected chi connectivity index (χ3v) is 4.27. The molecule has 0 aliphatic carbocycles. The van der Waals surface area contributed by atoms with Crippen LogP contribution in [0.3, 0.4) is 0 Å². The Morgan fingerprint density at radius 3 is 2.52 bits per heavy atom. The van der Waals surface area contributed by atoms with Crippen LogP contribution in [0, 0.1) is 0 Å². The Hall–Kier alpha value is -2.41. The molecule has 0 radical (unpaired) electrons. The lowest BCUT2D eigenvalue weighted by Gasteiger charge is -2.39. The highest BCUT2D eigenvalue weighted by Crippen LogP contribution is 2.17. The number of aromatic carboxylic acids is 1. The summed E-state index contributed by atoms with van der Waals surface area (Å²) in [4.78, 5) is 15.6. The number of aromatic nitrogens is 3. The molecule has 1 atom stereocenters. The largest absolute Gasteiger partial charge is 0.476 e. The van der Waals surface area contributed by atoms with Crippen LogP contribution in [0.5, 0.6) is 0 Å². The minimum atomic E-state index is -1.04. The van der Waals surface area contributed by atoms with Crippen molar-refractivity contribution in [2.45, 2.75) is 19.5 Å². The summed E-state index contributed by atoms with van der Waals surface area (Å²) in [7, 11) is 0. The molecule has 1 aliphatic rings. The standard InChI is InChI=1S/C16H21N5O2/c1-13(11-21-12-15(16(22)23)17-18-21)19-7-9-20(10-8-19)14-5-3-2-4-6-14/h2-6,12-13H,7-11H2,1H3,(H,22,23)/t13-/m1/s1. The number of carbonyl (C=O) groups is 1. The Kier molecular flexibility index (Phi) is 4.57. The Balaban J connectivity index is 1.53. The molecular formula is C16H21N5O2. The van der Waals surface area contributed by atoms with Crippen molar-refractivity contribution in [2.24, 2.45) is 0 Å². The first-order chi connectivity index (χ1) is 11.1. The Morgan fingerprint density at radius 1 is 1.22 bits per heavy atom. The number of rotatable bonds is 5. The van der Waals surface area contributed by atoms with Crippen molar-refractivity contribution >= 4 is 11.7 Å². The maximum absolute atomic E-state index is 10.8. The van der Waals surface area contributed by atoms with Gasteiger partial charge in [0.1, 0.15) is 0 Å². The normalized spacial score (nSPS) is 17.2. The minimum Gasteiger partial charge on any atom is -0.476 e. The topological polar surface area (TPSA) is 74.5 Å². The fraction of sp³-hybridized carbons (Fsp3) is 0.438. The van der Waals surface area contributed by atoms with E-state index in [-0.39, 0.29) is 11.7 Å². The molecule has 0 bridgehead atoms. The average Bonchev–Trinajstić information content (AvgIpc) is 3.04. The predicted molar refractivity (Wildman–Crippen MR) is 86.7 cm³/mol. The van der Waals surface area contributed by atoms with Crippen LogP contribution >= 0.6 is 0 Å². The fourth-order valence-corrected chi connectivity index (χ4v) is 2.93. The molecule has 2 aromatic rings. The molecule has 2 heterocycles. The van der Waals surface area contributed by atoms with E-state index in [0.717, 1.165) is 26.2 Å². The zero-order chi connectivity index (χ0) is 16.2. The lowest BCUT2D eigenvalue weighted by atomic mass is 10.2. The molecule has 23 heavy (non-hydrogen) atoms. The van der Waals surface area contributed by atoms with E-state index in [4.69, 9.17) is 5.11 Å². The summed E-state index contributed by atoms with van der Waals surface area (Å²) in [6.45, 7) is 6.73. The summed E-state index contributed by atoms with van der Waals surface area (Å²) in [5, 5.41) is 16.4. The van der Waals surface area contributed by atoms with Crippen LogP contribution in [-0.4, -0.2) is 63.2 Å². The molecule has 0 unspecified atom stereocenters. The molecule has 1 aromatic heterocycles. The molecule has 0 amide bonds. The van der Waals surface area contributed by atoms with Crippen LogP contribution in [0.4, 0.5) is 5.69 Å². The fourth-order valence-electron chi connectivity index (χ4n) is 2.93. The molecule has 1 N–H and O–H groups in total. The van der Waals surface area contributed by atoms with Gasteiger partial charge in [0, 0.05) is 37.9 Å². The van der Waals surface area contributed by atoms with Crippen LogP contribution < -0.4 is 4.90 Å². The van der Waals surface area contributed by atoms with Gasteiger partial charge in [-0.05, 0) is 19.1 Å². The van der Waals surface area contributed by atoms with Crippen LogP contribution in [0.2, 0.25) is 0 Å². The minimum absolute atomic E-state index is 0.00824. The third-order valence-electron chi connectivity index (χ3n) is 4.27. The summed E-state index contributed by atoms with van der Waals surface area (Å²) in [6.07, 6.45) is 1.49. The van der Waals surface area contributed by atoms with Crippen LogP contribution in [0.25, 0.3) is 0 Å². The first-order valence-electron chi connectivity index (χ1n) is 7.81. The van der Waals surface area contributed by atoms with E-state index in [1.807, 2.05) is 6.07 Å². The Morgan fingerprint density at radius 2 is 1.91 bits per heavy atom. The van der Waals surface area contributed by atoms with Crippen molar-refractivity contribution in [3.63, 3.8) is 0 Å². The number of nitrogens with zero attached hydrogens (tertiary/aromatic N) is 5. The van der Waals surface area contributed by atoms with Gasteiger partial charge in [-0.3, -0.25) is 9.58 Å². The molecule has 0 spiro atoms. The summed E-state index contributed by atoms with van der Waals surface area (Å²) in [5.74, 6) is -1.04. The molecule has 1 saturated heterocycles. The number of para-hydroxylation sites is 1. The van der Waals surface area contributed by atoms with Gasteiger partial charge in [-0.25, -0.2) is 4.79 Å². The quantitative estimate of drug-likeness (QED) is 0.893. The van der Waals surface area contributed by atoms with Crippen molar-refractivity contribution in [2.75, 3.05) is 31.1 Å². The molecule has 122 valence electrons. The van der Waals surface area contributed by atoms with Gasteiger partial charge in [-0.2, -0.15) is 0 Å². The van der Waals surface area contributed by atoms with Gasteiger partial charge in [0.05, 0.1) is 12.7 Å². The van der Waals surface area contributed by atoms with E-state index in [2.05, 4.69) is 51.3 Å². The molecular weight excluding hydrogens is 294 g/mol. The maximum Gasteiger partial charge on any atom is 0.358 e. The second-order valence-corrected chi connectivity index (χ2v) is 5.84. The van der Waals surface area contributed by atoms with E-state index in [1.165, 1.54) is 11.9 Å². The highest BCUT2D eigenvalue weighted by molar-refractivity contribution is 5.84. The van der Waals surface area contributed by atoms with Gasteiger partial charge in [-0.1, -0.05) is 23.4 Å². The van der Waals surface area contributed by atoms with Crippen LogP contribution in [-0.2, 0) is 6.54 Å². The predicted octanol–water partition coefficient (Wildman–Crippen LogP) is 1.19. The molecule has 1 aromatic carbocycles. The van der Waals surface area contributed by atoms with Gasteiger partial charge in [0.25, 0.3) is 0 Å². The summed E-state index contributed by atoms with van der Waals surface area (Å²) in [5.41, 5.74) is 1.26. The lowest BCUT2D eigenvalue weighted by molar-refractivity contribution is 0.0690. The molecule has 1 fully saturated rings. The zero-order valence-corrected chi connectivity index (χ0v) is 13.2. The van der Waals surface area contributed by atoms with Gasteiger partial charge in [0.2, 0.25) is 0 Å². The van der Waals surface area contributed by atoms with E-state index in [0.29, 0.717) is 6.54 Å². The number of anilines is 1. The summed E-state index contributed by atoms with van der Waals surface area (Å²) in [6, 6.07) is 10.7. The number of piperazine rings is 1. The van der Waals surface area contributed by atoms with Crippen molar-refractivity contribution in [3.8, 4) is 0 Å². The number of carboxylic acids is 1. The SMILES string of the molecule is C[C@H](Cn1cc(C(=O)O)nn1)N1CCN(c2ccccc2)CC1. The van der Waals surface area contributed by atoms with Gasteiger partial charge < -0.3 is 10.0 Å². The molecule has 7 heteroatoms. The maximum atomic E-state index is 10.8. The Bertz CT molecular complexity index is 650. The number of hydrogen-bond donors (Lipinski definition) is 1. The van der Waals surface area contributed by atoms with Crippen molar-refractivity contribution in [1.29, 1.82) is 0 Å². The van der Waals surface area contributed by atoms with Crippen molar-refractivity contribution in [3.05, 3.63) is 42.2 Å². The number of carboxylic acid groups (broad SMARTS) is 1. The Labute approximate surface area is 135 Å². The molecule has 1 aliphatic heterocycles. The second kappa shape index (κ2) is 6.78. The highest BCUT2D eigenvalue weighted by Gasteiger charge is 2.22.